The van der Waals surface area contributed by atoms with Crippen LogP contribution in [-0.2, 0) is 29.0 Å². The summed E-state index contributed by atoms with van der Waals surface area (Å²) in [5.41, 5.74) is 2.29. The number of hydrogen-bond acceptors (Lipinski definition) is 4. The van der Waals surface area contributed by atoms with Gasteiger partial charge in [0, 0.05) is 19.5 Å². The molecule has 2 heterocycles. The third-order valence-electron chi connectivity index (χ3n) is 7.39. The minimum atomic E-state index is -1.09. The van der Waals surface area contributed by atoms with Crippen molar-refractivity contribution in [1.29, 1.82) is 0 Å². The second kappa shape index (κ2) is 12.4. The maximum atomic E-state index is 14.2. The second-order valence-corrected chi connectivity index (χ2v) is 10.1. The van der Waals surface area contributed by atoms with Crippen molar-refractivity contribution in [2.75, 3.05) is 26.4 Å². The molecule has 3 aromatic carbocycles. The first-order valence-electron chi connectivity index (χ1n) is 13.3. The van der Waals surface area contributed by atoms with Crippen LogP contribution in [0.2, 0.25) is 0 Å². The van der Waals surface area contributed by atoms with Crippen LogP contribution >= 0.6 is 0 Å². The van der Waals surface area contributed by atoms with E-state index in [0.29, 0.717) is 12.0 Å². The minimum absolute atomic E-state index is 0.0302. The summed E-state index contributed by atoms with van der Waals surface area (Å²) >= 11 is 0. The number of hydrogen-bond donors (Lipinski definition) is 1. The molecule has 2 aliphatic rings. The number of nitrogens with one attached hydrogen (secondary N) is 1. The number of urea groups is 1. The number of fused-ring (bicyclic) bond motifs is 1. The predicted octanol–water partition coefficient (Wildman–Crippen LogP) is 3.48. The Hall–Kier alpha value is -4.38. The van der Waals surface area contributed by atoms with Gasteiger partial charge in [0.1, 0.15) is 30.4 Å². The highest BCUT2D eigenvalue weighted by molar-refractivity contribution is 5.91. The molecule has 5 rings (SSSR count). The van der Waals surface area contributed by atoms with Crippen molar-refractivity contribution >= 4 is 17.8 Å². The summed E-state index contributed by atoms with van der Waals surface area (Å²) in [7, 11) is 0. The molecule has 4 amide bonds. The SMILES string of the molecule is O=C1[C@H](Cc2ccccc2)N2C(=O)CN(CF)N(C(=O)NCc3ccc(F)cc3)[C@H]2CN1CCc1ccc(F)cc1. The summed E-state index contributed by atoms with van der Waals surface area (Å²) in [6, 6.07) is 19.3. The van der Waals surface area contributed by atoms with Crippen LogP contribution in [0.15, 0.2) is 78.9 Å². The van der Waals surface area contributed by atoms with Gasteiger partial charge in [-0.25, -0.2) is 23.0 Å². The average molecular weight is 566 g/mol. The summed E-state index contributed by atoms with van der Waals surface area (Å²) in [6.07, 6.45) is -0.316. The fourth-order valence-electron chi connectivity index (χ4n) is 5.31. The second-order valence-electron chi connectivity index (χ2n) is 10.1. The van der Waals surface area contributed by atoms with Crippen LogP contribution in [0.4, 0.5) is 18.0 Å². The van der Waals surface area contributed by atoms with Gasteiger partial charge in [-0.15, -0.1) is 0 Å². The molecule has 0 spiro atoms. The van der Waals surface area contributed by atoms with Crippen molar-refractivity contribution in [1.82, 2.24) is 25.1 Å². The maximum absolute atomic E-state index is 14.2. The number of halogens is 3. The predicted molar refractivity (Wildman–Crippen MR) is 144 cm³/mol. The van der Waals surface area contributed by atoms with E-state index in [1.807, 2.05) is 30.3 Å². The molecule has 8 nitrogen and oxygen atoms in total. The normalized spacial score (nSPS) is 19.3. The van der Waals surface area contributed by atoms with E-state index in [1.54, 1.807) is 17.0 Å². The third-order valence-corrected chi connectivity index (χ3v) is 7.39. The van der Waals surface area contributed by atoms with Gasteiger partial charge in [-0.2, -0.15) is 5.01 Å². The Bertz CT molecular complexity index is 1370. The summed E-state index contributed by atoms with van der Waals surface area (Å²) < 4.78 is 40.9. The van der Waals surface area contributed by atoms with E-state index in [0.717, 1.165) is 16.1 Å². The first-order chi connectivity index (χ1) is 19.8. The largest absolute Gasteiger partial charge is 0.337 e. The van der Waals surface area contributed by atoms with Gasteiger partial charge in [0.15, 0.2) is 6.80 Å². The van der Waals surface area contributed by atoms with Crippen molar-refractivity contribution in [3.8, 4) is 0 Å². The van der Waals surface area contributed by atoms with Crippen LogP contribution in [0, 0.1) is 11.6 Å². The van der Waals surface area contributed by atoms with Crippen LogP contribution in [0.5, 0.6) is 0 Å². The van der Waals surface area contributed by atoms with Gasteiger partial charge >= 0.3 is 6.03 Å². The molecule has 0 saturated carbocycles. The van der Waals surface area contributed by atoms with Gasteiger partial charge in [-0.05, 0) is 47.4 Å². The fourth-order valence-corrected chi connectivity index (χ4v) is 5.31. The molecular formula is C30H30F3N5O3. The molecule has 2 aliphatic heterocycles. The quantitative estimate of drug-likeness (QED) is 0.425. The summed E-state index contributed by atoms with van der Waals surface area (Å²) in [6.45, 7) is -1.22. The summed E-state index contributed by atoms with van der Waals surface area (Å²) in [5.74, 6) is -1.51. The third kappa shape index (κ3) is 6.35. The Morgan fingerprint density at radius 2 is 1.49 bits per heavy atom. The number of carbonyl (C=O) groups excluding carboxylic acids is 3. The zero-order valence-corrected chi connectivity index (χ0v) is 22.3. The van der Waals surface area contributed by atoms with E-state index in [9.17, 15) is 27.6 Å². The topological polar surface area (TPSA) is 76.2 Å². The number of amides is 4. The van der Waals surface area contributed by atoms with E-state index in [-0.39, 0.29) is 37.8 Å². The number of alkyl halides is 1. The fraction of sp³-hybridized carbons (Fsp3) is 0.300. The van der Waals surface area contributed by atoms with E-state index in [4.69, 9.17) is 0 Å². The molecule has 0 bridgehead atoms. The number of carbonyl (C=O) groups is 3. The Morgan fingerprint density at radius 3 is 2.12 bits per heavy atom. The van der Waals surface area contributed by atoms with Gasteiger partial charge in [-0.3, -0.25) is 9.59 Å². The Balaban J connectivity index is 1.42. The highest BCUT2D eigenvalue weighted by Crippen LogP contribution is 2.28. The number of hydrazine groups is 1. The Kier molecular flexibility index (Phi) is 8.53. The lowest BCUT2D eigenvalue weighted by atomic mass is 9.98. The highest BCUT2D eigenvalue weighted by Gasteiger charge is 2.51. The van der Waals surface area contributed by atoms with Crippen LogP contribution in [0.25, 0.3) is 0 Å². The monoisotopic (exact) mass is 565 g/mol. The first kappa shape index (κ1) is 28.2. The highest BCUT2D eigenvalue weighted by atomic mass is 19.1. The first-order valence-corrected chi connectivity index (χ1v) is 13.3. The number of nitrogens with zero attached hydrogens (tertiary/aromatic N) is 4. The summed E-state index contributed by atoms with van der Waals surface area (Å²) in [5, 5.41) is 4.93. The number of rotatable bonds is 8. The molecule has 0 radical (unpaired) electrons. The number of piperazine rings is 1. The van der Waals surface area contributed by atoms with Crippen molar-refractivity contribution in [2.24, 2.45) is 0 Å². The lowest BCUT2D eigenvalue weighted by Crippen LogP contribution is -2.76. The van der Waals surface area contributed by atoms with Gasteiger partial charge in [0.25, 0.3) is 0 Å². The van der Waals surface area contributed by atoms with Crippen LogP contribution in [-0.4, -0.2) is 76.3 Å². The lowest BCUT2D eigenvalue weighted by Gasteiger charge is -2.54. The van der Waals surface area contributed by atoms with Gasteiger partial charge in [0.05, 0.1) is 6.54 Å². The lowest BCUT2D eigenvalue weighted by molar-refractivity contribution is -0.194. The van der Waals surface area contributed by atoms with Gasteiger partial charge in [-0.1, -0.05) is 54.6 Å². The van der Waals surface area contributed by atoms with Crippen molar-refractivity contribution < 1.29 is 27.6 Å². The molecule has 0 aliphatic carbocycles. The van der Waals surface area contributed by atoms with E-state index in [2.05, 4.69) is 5.32 Å². The van der Waals surface area contributed by atoms with E-state index in [1.165, 1.54) is 46.3 Å². The molecule has 3 aromatic rings. The Morgan fingerprint density at radius 1 is 0.854 bits per heavy atom. The average Bonchev–Trinajstić information content (AvgIpc) is 2.98. The van der Waals surface area contributed by atoms with Crippen LogP contribution in [0.1, 0.15) is 16.7 Å². The molecule has 2 atom stereocenters. The molecule has 41 heavy (non-hydrogen) atoms. The molecule has 2 saturated heterocycles. The van der Waals surface area contributed by atoms with Crippen LogP contribution in [0.3, 0.4) is 0 Å². The molecular weight excluding hydrogens is 535 g/mol. The smallest absolute Gasteiger partial charge is 0.334 e. The molecule has 0 aromatic heterocycles. The van der Waals surface area contributed by atoms with Crippen molar-refractivity contribution in [3.63, 3.8) is 0 Å². The van der Waals surface area contributed by atoms with Crippen molar-refractivity contribution in [2.45, 2.75) is 31.6 Å². The molecule has 1 N–H and O–H groups in total. The van der Waals surface area contributed by atoms with Gasteiger partial charge in [0.2, 0.25) is 11.8 Å². The van der Waals surface area contributed by atoms with Crippen LogP contribution < -0.4 is 5.32 Å². The zero-order valence-electron chi connectivity index (χ0n) is 22.3. The molecule has 214 valence electrons. The minimum Gasteiger partial charge on any atom is -0.337 e. The number of benzene rings is 3. The maximum Gasteiger partial charge on any atom is 0.334 e. The molecule has 0 unspecified atom stereocenters. The zero-order chi connectivity index (χ0) is 28.9. The molecule has 11 heteroatoms. The van der Waals surface area contributed by atoms with Gasteiger partial charge < -0.3 is 15.1 Å². The standard InChI is InChI=1S/C30H30F3N5O3/c31-20-36-19-28(39)37-26(16-22-4-2-1-3-5-22)29(40)35(15-14-21-6-10-24(32)11-7-21)18-27(37)38(36)30(41)34-17-23-8-12-25(33)13-9-23/h1-13,26-27H,14-20H2,(H,34,41)/t26-,27-/m0/s1. The van der Waals surface area contributed by atoms with E-state index < -0.39 is 43.3 Å². The molecule has 2 fully saturated rings. The van der Waals surface area contributed by atoms with Crippen molar-refractivity contribution in [3.05, 3.63) is 107 Å². The Labute approximate surface area is 235 Å². The summed E-state index contributed by atoms with van der Waals surface area (Å²) in [4.78, 5) is 43.6. The van der Waals surface area contributed by atoms with E-state index >= 15 is 0 Å².